The highest BCUT2D eigenvalue weighted by atomic mass is 35.5. The number of sulfonamides is 2. The fraction of sp³-hybridized carbons (Fsp3) is 0.358. The lowest BCUT2D eigenvalue weighted by Gasteiger charge is -2.16. The molecule has 0 radical (unpaired) electrons. The van der Waals surface area contributed by atoms with Crippen molar-refractivity contribution in [3.05, 3.63) is 105 Å². The zero-order valence-corrected chi connectivity index (χ0v) is 55.0. The number of alkyl halides is 3. The first-order valence-corrected chi connectivity index (χ1v) is 34.5. The maximum Gasteiger partial charge on any atom is 0.389 e. The van der Waals surface area contributed by atoms with Crippen LogP contribution >= 0.6 is 30.6 Å². The topological polar surface area (TPSA) is 454 Å². The Labute approximate surface area is 540 Å². The van der Waals surface area contributed by atoms with Gasteiger partial charge in [0.2, 0.25) is 23.7 Å². The van der Waals surface area contributed by atoms with Gasteiger partial charge in [0.15, 0.2) is 22.2 Å². The molecule has 1 aliphatic carbocycles. The van der Waals surface area contributed by atoms with Gasteiger partial charge >= 0.3 is 36.2 Å². The molecule has 506 valence electrons. The summed E-state index contributed by atoms with van der Waals surface area (Å²) in [6, 6.07) is 9.99. The van der Waals surface area contributed by atoms with Crippen LogP contribution in [0.4, 0.5) is 40.3 Å². The Balaban J connectivity index is 0.000000275. The fourth-order valence-corrected chi connectivity index (χ4v) is 12.6. The molecule has 2 atom stereocenters. The van der Waals surface area contributed by atoms with Crippen LogP contribution in [0.3, 0.4) is 0 Å². The number of carboxylic acids is 1. The number of benzene rings is 2. The number of ether oxygens (including phenoxy) is 4. The molecule has 40 heteroatoms. The number of rotatable bonds is 21. The molecule has 0 fully saturated rings. The van der Waals surface area contributed by atoms with Crippen LogP contribution in [0.15, 0.2) is 97.9 Å². The predicted octanol–water partition coefficient (Wildman–Crippen LogP) is 6.30. The summed E-state index contributed by atoms with van der Waals surface area (Å²) < 4.78 is 145. The van der Waals surface area contributed by atoms with Crippen molar-refractivity contribution in [2.45, 2.75) is 92.8 Å². The number of esters is 1. The lowest BCUT2D eigenvalue weighted by molar-refractivity contribution is -0.139. The van der Waals surface area contributed by atoms with E-state index in [1.807, 2.05) is 0 Å². The SMILES string of the molecule is CCOC(=O)/C(Cl)=C/c1cc(N2C(=O)C3=C(CCCC3)C2=O)ccc1Cl.CCS(=O)(=O)c1cccnc1S(=O)(=O)NC(=O)Nc1nc(OC)cc(OC)n1.COc1nc(C)nc(NC(=O)NS(=O)(=O)c2ccccc2CCC(F)(F)F)n1.CP(=O)(O)CCC(N)C(=O)O. The van der Waals surface area contributed by atoms with E-state index in [0.29, 0.717) is 40.3 Å². The summed E-state index contributed by atoms with van der Waals surface area (Å²) in [5.41, 5.74) is 7.06. The van der Waals surface area contributed by atoms with Crippen molar-refractivity contribution in [2.24, 2.45) is 5.73 Å². The number of aliphatic carboxylic acids is 1. The molecule has 4 heterocycles. The van der Waals surface area contributed by atoms with Gasteiger partial charge in [0.25, 0.3) is 31.9 Å². The lowest BCUT2D eigenvalue weighted by Crippen LogP contribution is -2.36. The van der Waals surface area contributed by atoms with Gasteiger partial charge in [0.1, 0.15) is 21.8 Å². The number of nitrogens with two attached hydrogens (primary N) is 1. The van der Waals surface area contributed by atoms with Crippen LogP contribution in [-0.4, -0.2) is 160 Å². The van der Waals surface area contributed by atoms with Gasteiger partial charge in [-0.05, 0) is 106 Å². The van der Waals surface area contributed by atoms with E-state index in [1.54, 1.807) is 34.6 Å². The van der Waals surface area contributed by atoms with Crippen LogP contribution in [0.2, 0.25) is 5.02 Å². The molecular formula is C53H62Cl2F3N12O19PS3. The number of anilines is 3. The second-order valence-corrected chi connectivity index (χ2v) is 27.9. The molecule has 0 saturated carbocycles. The Kier molecular flexibility index (Phi) is 28.1. The minimum Gasteiger partial charge on any atom is -0.481 e. The van der Waals surface area contributed by atoms with Gasteiger partial charge < -0.3 is 34.7 Å². The van der Waals surface area contributed by atoms with Crippen LogP contribution in [0, 0.1) is 6.92 Å². The summed E-state index contributed by atoms with van der Waals surface area (Å²) >= 11 is 12.1. The molecule has 0 bridgehead atoms. The monoisotopic (exact) mass is 1420 g/mol. The first kappa shape index (κ1) is 77.0. The third-order valence-corrected chi connectivity index (χ3v) is 18.4. The fourth-order valence-electron chi connectivity index (χ4n) is 7.75. The van der Waals surface area contributed by atoms with Crippen molar-refractivity contribution in [3.8, 4) is 17.8 Å². The van der Waals surface area contributed by atoms with Gasteiger partial charge in [-0.3, -0.25) is 29.6 Å². The number of aryl methyl sites for hydroxylation is 2. The Morgan fingerprint density at radius 2 is 1.37 bits per heavy atom. The second-order valence-electron chi connectivity index (χ2n) is 19.1. The van der Waals surface area contributed by atoms with Crippen LogP contribution in [0.1, 0.15) is 69.3 Å². The third kappa shape index (κ3) is 23.6. The predicted molar refractivity (Wildman–Crippen MR) is 328 cm³/mol. The van der Waals surface area contributed by atoms with Gasteiger partial charge in [0, 0.05) is 41.6 Å². The number of hydrogen-bond donors (Lipinski definition) is 7. The number of urea groups is 2. The smallest absolute Gasteiger partial charge is 0.389 e. The van der Waals surface area contributed by atoms with Crippen molar-refractivity contribution in [3.63, 3.8) is 0 Å². The molecule has 6 amide bonds. The highest BCUT2D eigenvalue weighted by molar-refractivity contribution is 7.93. The molecule has 2 unspecified atom stereocenters. The van der Waals surface area contributed by atoms with Crippen LogP contribution in [0.25, 0.3) is 6.08 Å². The molecule has 7 rings (SSSR count). The summed E-state index contributed by atoms with van der Waals surface area (Å²) in [6.45, 7) is 5.91. The van der Waals surface area contributed by atoms with Gasteiger partial charge in [-0.25, -0.2) is 50.5 Å². The molecule has 2 aliphatic rings. The van der Waals surface area contributed by atoms with Crippen LogP contribution in [-0.2, 0) is 64.8 Å². The number of carboxylic acid groups (broad SMARTS) is 1. The van der Waals surface area contributed by atoms with Gasteiger partial charge in [-0.15, -0.1) is 0 Å². The zero-order chi connectivity index (χ0) is 69.8. The standard InChI is InChI=1S/C19H17Cl2NO4.C15H16F3N5O4S.C14H17N5O7S2.C5H12NO4P/c1-2-26-19(25)16(21)10-11-9-12(7-8-15(11)20)22-17(23)13-5-3-4-6-14(13)18(22)24;1-9-19-12(22-14(20-9)27-2)21-13(24)23-28(25,26)11-6-4-3-5-10(11)7-8-15(16,17)18;1-4-27(21,22)9-6-5-7-15-12(9)28(23,24)19-14(20)18-13-16-10(25-2)8-11(17-13)26-3;1-11(9,10)3-2-4(6)5(7)8/h7-10H,2-6H2,1H3;3-6H,7-8H2,1-2H3,(H2,19,20,21,22,23,24);5-8H,4H2,1-3H3,(H2,16,17,18,19,20);4H,2-3,6H2,1H3,(H,7,8)(H,9,10)/b16-10-;;;. The maximum atomic E-state index is 12.7. The van der Waals surface area contributed by atoms with Crippen LogP contribution < -0.4 is 44.9 Å². The molecule has 1 aliphatic heterocycles. The Morgan fingerprint density at radius 3 is 1.89 bits per heavy atom. The minimum atomic E-state index is -4.61. The quantitative estimate of drug-likeness (QED) is 0.0183. The summed E-state index contributed by atoms with van der Waals surface area (Å²) in [6.07, 6.45) is -0.651. The first-order chi connectivity index (χ1) is 43.4. The molecule has 0 saturated heterocycles. The van der Waals surface area contributed by atoms with E-state index in [0.717, 1.165) is 31.2 Å². The van der Waals surface area contributed by atoms with E-state index in [4.69, 9.17) is 57.9 Å². The molecule has 31 nitrogen and oxygen atoms in total. The van der Waals surface area contributed by atoms with E-state index >= 15 is 0 Å². The molecule has 93 heavy (non-hydrogen) atoms. The molecule has 5 aromatic rings. The Bertz CT molecular complexity index is 4020. The Hall–Kier alpha value is -8.45. The molecule has 3 aromatic heterocycles. The maximum absolute atomic E-state index is 12.7. The number of halogens is 5. The van der Waals surface area contributed by atoms with E-state index in [9.17, 15) is 71.8 Å². The number of aromatic nitrogens is 6. The second kappa shape index (κ2) is 33.9. The molecule has 8 N–H and O–H groups in total. The average molecular weight is 1430 g/mol. The Morgan fingerprint density at radius 1 is 0.806 bits per heavy atom. The van der Waals surface area contributed by atoms with Crippen molar-refractivity contribution in [1.82, 2.24) is 39.3 Å². The van der Waals surface area contributed by atoms with Gasteiger partial charge in [-0.2, -0.15) is 46.5 Å². The molecular weight excluding hydrogens is 1360 g/mol. The number of nitrogens with one attached hydrogen (secondary N) is 4. The number of imide groups is 1. The number of methoxy groups -OCH3 is 3. The molecule has 2 aromatic carbocycles. The van der Waals surface area contributed by atoms with Crippen LogP contribution in [0.5, 0.6) is 17.8 Å². The summed E-state index contributed by atoms with van der Waals surface area (Å²) in [5.74, 6) is -2.94. The number of pyridine rings is 1. The van der Waals surface area contributed by atoms with E-state index in [2.05, 4.69) is 40.5 Å². The van der Waals surface area contributed by atoms with E-state index in [1.165, 1.54) is 83.1 Å². The van der Waals surface area contributed by atoms with Gasteiger partial charge in [-0.1, -0.05) is 48.3 Å². The highest BCUT2D eigenvalue weighted by Gasteiger charge is 2.40. The van der Waals surface area contributed by atoms with Crippen molar-refractivity contribution >= 4 is 120 Å². The number of carbonyl (C=O) groups excluding carboxylic acids is 5. The number of nitrogens with zero attached hydrogens (tertiary/aromatic N) is 7. The summed E-state index contributed by atoms with van der Waals surface area (Å²) in [7, 11) is -12.1. The number of amides is 6. The van der Waals surface area contributed by atoms with Crippen molar-refractivity contribution < 1.29 is 101 Å². The largest absolute Gasteiger partial charge is 0.481 e. The van der Waals surface area contributed by atoms with E-state index in [-0.39, 0.29) is 82.8 Å². The highest BCUT2D eigenvalue weighted by Crippen LogP contribution is 2.38. The van der Waals surface area contributed by atoms with E-state index < -0.39 is 101 Å². The average Bonchev–Trinajstić information content (AvgIpc) is 1.70. The normalized spacial score (nSPS) is 14.2. The zero-order valence-electron chi connectivity index (χ0n) is 50.2. The third-order valence-electron chi connectivity index (χ3n) is 12.1. The summed E-state index contributed by atoms with van der Waals surface area (Å²) in [4.78, 5) is 103. The minimum absolute atomic E-state index is 0.0412. The molecule has 0 spiro atoms. The van der Waals surface area contributed by atoms with Crippen molar-refractivity contribution in [1.29, 1.82) is 0 Å². The lowest BCUT2D eigenvalue weighted by atomic mass is 9.93. The van der Waals surface area contributed by atoms with Crippen molar-refractivity contribution in [2.75, 3.05) is 62.0 Å². The number of carbonyl (C=O) groups is 6. The van der Waals surface area contributed by atoms with Gasteiger partial charge in [0.05, 0.1) is 50.3 Å². The number of hydrogen-bond acceptors (Lipinski definition) is 24. The first-order valence-electron chi connectivity index (χ1n) is 26.9. The summed E-state index contributed by atoms with van der Waals surface area (Å²) in [5, 5.41) is 11.9. The number of sulfone groups is 1.